The van der Waals surface area contributed by atoms with Crippen LogP contribution in [-0.4, -0.2) is 39.9 Å². The number of hydrogen-bond donors (Lipinski definition) is 2. The van der Waals surface area contributed by atoms with Crippen LogP contribution in [0.2, 0.25) is 0 Å². The monoisotopic (exact) mass is 601 g/mol. The van der Waals surface area contributed by atoms with Crippen LogP contribution in [0.25, 0.3) is 23.1 Å². The first-order valence-electron chi connectivity index (χ1n) is 14.3. The molecule has 1 aliphatic carbocycles. The van der Waals surface area contributed by atoms with E-state index in [1.165, 1.54) is 12.1 Å². The molecule has 2 N–H and O–H groups in total. The maximum Gasteiger partial charge on any atom is 0.323 e. The molecule has 0 spiro atoms. The van der Waals surface area contributed by atoms with Crippen LogP contribution in [0.4, 0.5) is 8.78 Å². The van der Waals surface area contributed by atoms with Gasteiger partial charge in [-0.1, -0.05) is 48.6 Å². The van der Waals surface area contributed by atoms with Gasteiger partial charge in [0.15, 0.2) is 11.6 Å². The Morgan fingerprint density at radius 2 is 1.61 bits per heavy atom. The van der Waals surface area contributed by atoms with Gasteiger partial charge in [-0.05, 0) is 84.7 Å². The fourth-order valence-corrected chi connectivity index (χ4v) is 5.49. The summed E-state index contributed by atoms with van der Waals surface area (Å²) in [6, 6.07) is 17.1. The number of carboxylic acids is 2. The van der Waals surface area contributed by atoms with E-state index in [0.717, 1.165) is 52.2 Å². The highest BCUT2D eigenvalue weighted by Crippen LogP contribution is 2.52. The van der Waals surface area contributed by atoms with Gasteiger partial charge in [-0.2, -0.15) is 4.39 Å². The van der Waals surface area contributed by atoms with Gasteiger partial charge >= 0.3 is 11.9 Å². The number of aromatic nitrogens is 1. The molecule has 0 radical (unpaired) electrons. The van der Waals surface area contributed by atoms with Crippen molar-refractivity contribution in [2.24, 2.45) is 5.41 Å². The summed E-state index contributed by atoms with van der Waals surface area (Å²) in [5, 5.41) is 20.0. The highest BCUT2D eigenvalue weighted by Gasteiger charge is 2.45. The molecule has 1 heterocycles. The number of rotatable bonds is 14. The van der Waals surface area contributed by atoms with E-state index in [-0.39, 0.29) is 37.3 Å². The maximum atomic E-state index is 13.6. The van der Waals surface area contributed by atoms with E-state index in [2.05, 4.69) is 0 Å². The topological polar surface area (TPSA) is 98.0 Å². The number of halogens is 2. The molecular weight excluding hydrogens is 568 g/mol. The summed E-state index contributed by atoms with van der Waals surface area (Å²) in [5.74, 6) is -3.23. The fraction of sp³-hybridized carbons (Fsp3) is 0.257. The normalized spacial score (nSPS) is 14.0. The summed E-state index contributed by atoms with van der Waals surface area (Å²) in [5.41, 5.74) is 4.21. The number of benzene rings is 3. The molecule has 0 aliphatic heterocycles. The van der Waals surface area contributed by atoms with Gasteiger partial charge in [0.25, 0.3) is 0 Å². The molecule has 0 atom stereocenters. The third-order valence-electron chi connectivity index (χ3n) is 7.93. The average Bonchev–Trinajstić information content (AvgIpc) is 3.70. The van der Waals surface area contributed by atoms with Crippen LogP contribution in [0.3, 0.4) is 0 Å². The minimum absolute atomic E-state index is 0.0697. The van der Waals surface area contributed by atoms with Crippen LogP contribution in [-0.2, 0) is 22.6 Å². The molecule has 4 aromatic rings. The Morgan fingerprint density at radius 3 is 2.30 bits per heavy atom. The summed E-state index contributed by atoms with van der Waals surface area (Å²) in [6.45, 7) is 2.06. The molecule has 3 aromatic carbocycles. The lowest BCUT2D eigenvalue weighted by Gasteiger charge is -2.13. The van der Waals surface area contributed by atoms with Crippen LogP contribution in [0, 0.1) is 24.0 Å². The second kappa shape index (κ2) is 13.2. The van der Waals surface area contributed by atoms with Crippen LogP contribution >= 0.6 is 0 Å². The van der Waals surface area contributed by atoms with Gasteiger partial charge < -0.3 is 24.3 Å². The second-order valence-corrected chi connectivity index (χ2v) is 11.1. The zero-order chi connectivity index (χ0) is 31.3. The molecule has 0 unspecified atom stereocenters. The van der Waals surface area contributed by atoms with Crippen molar-refractivity contribution in [1.29, 1.82) is 0 Å². The Bertz CT molecular complexity index is 1730. The Morgan fingerprint density at radius 1 is 0.909 bits per heavy atom. The molecule has 1 aromatic heterocycles. The lowest BCUT2D eigenvalue weighted by Crippen LogP contribution is -2.13. The van der Waals surface area contributed by atoms with Crippen molar-refractivity contribution < 1.29 is 38.1 Å². The number of ether oxygens (including phenoxy) is 2. The van der Waals surface area contributed by atoms with E-state index in [4.69, 9.17) is 9.47 Å². The van der Waals surface area contributed by atoms with Crippen molar-refractivity contribution in [2.75, 3.05) is 13.2 Å². The van der Waals surface area contributed by atoms with E-state index >= 15 is 0 Å². The van der Waals surface area contributed by atoms with Crippen molar-refractivity contribution in [3.05, 3.63) is 107 Å². The molecule has 1 fully saturated rings. The first kappa shape index (κ1) is 30.5. The fourth-order valence-electron chi connectivity index (χ4n) is 5.49. The van der Waals surface area contributed by atoms with Gasteiger partial charge in [-0.25, -0.2) is 4.39 Å². The van der Waals surface area contributed by atoms with Crippen LogP contribution < -0.4 is 9.47 Å². The number of nitrogens with zero attached hydrogens (tertiary/aromatic N) is 1. The molecule has 0 bridgehead atoms. The van der Waals surface area contributed by atoms with Crippen LogP contribution in [0.15, 0.2) is 72.8 Å². The molecule has 44 heavy (non-hydrogen) atoms. The quantitative estimate of drug-likeness (QED) is 0.116. The Labute approximate surface area is 253 Å². The summed E-state index contributed by atoms with van der Waals surface area (Å²) in [6.07, 6.45) is 9.71. The number of carboxylic acid groups (broad SMARTS) is 2. The van der Waals surface area contributed by atoms with E-state index in [9.17, 15) is 28.6 Å². The minimum Gasteiger partial charge on any atom is -0.490 e. The lowest BCUT2D eigenvalue weighted by molar-refractivity contribution is -0.139. The summed E-state index contributed by atoms with van der Waals surface area (Å²) in [4.78, 5) is 23.2. The molecular formula is C35H33F2NO6. The number of fused-ring (bicyclic) bond motifs is 1. The van der Waals surface area contributed by atoms with E-state index < -0.39 is 23.6 Å². The van der Waals surface area contributed by atoms with Gasteiger partial charge in [0.2, 0.25) is 5.82 Å². The number of para-hydroxylation sites is 1. The lowest BCUT2D eigenvalue weighted by atomic mass is 9.91. The average molecular weight is 602 g/mol. The number of aliphatic carboxylic acids is 2. The van der Waals surface area contributed by atoms with Gasteiger partial charge in [0.1, 0.15) is 25.5 Å². The highest BCUT2D eigenvalue weighted by atomic mass is 19.2. The molecule has 1 aliphatic rings. The molecule has 5 rings (SSSR count). The van der Waals surface area contributed by atoms with Crippen molar-refractivity contribution in [3.63, 3.8) is 0 Å². The van der Waals surface area contributed by atoms with Crippen molar-refractivity contribution in [1.82, 2.24) is 4.57 Å². The predicted molar refractivity (Wildman–Crippen MR) is 164 cm³/mol. The molecule has 9 heteroatoms. The van der Waals surface area contributed by atoms with Gasteiger partial charge in [-0.15, -0.1) is 0 Å². The van der Waals surface area contributed by atoms with Crippen molar-refractivity contribution in [2.45, 2.75) is 39.2 Å². The molecule has 7 nitrogen and oxygen atoms in total. The molecule has 1 saturated carbocycles. The smallest absolute Gasteiger partial charge is 0.323 e. The zero-order valence-corrected chi connectivity index (χ0v) is 24.3. The summed E-state index contributed by atoms with van der Waals surface area (Å²) < 4.78 is 39.6. The predicted octanol–water partition coefficient (Wildman–Crippen LogP) is 7.29. The largest absolute Gasteiger partial charge is 0.490 e. The van der Waals surface area contributed by atoms with Crippen molar-refractivity contribution >= 4 is 35.0 Å². The zero-order valence-electron chi connectivity index (χ0n) is 24.3. The first-order valence-corrected chi connectivity index (χ1v) is 14.3. The molecule has 228 valence electrons. The van der Waals surface area contributed by atoms with Gasteiger partial charge in [-0.3, -0.25) is 9.59 Å². The van der Waals surface area contributed by atoms with Gasteiger partial charge in [0.05, 0.1) is 11.9 Å². The van der Waals surface area contributed by atoms with Crippen molar-refractivity contribution in [3.8, 4) is 11.5 Å². The Balaban J connectivity index is 1.25. The minimum atomic E-state index is -1.02. The van der Waals surface area contributed by atoms with E-state index in [1.54, 1.807) is 12.2 Å². The molecule has 0 saturated heterocycles. The van der Waals surface area contributed by atoms with Crippen LogP contribution in [0.1, 0.15) is 41.6 Å². The first-order chi connectivity index (χ1) is 21.2. The van der Waals surface area contributed by atoms with E-state index in [0.29, 0.717) is 12.2 Å². The maximum absolute atomic E-state index is 13.6. The third-order valence-corrected chi connectivity index (χ3v) is 7.93. The highest BCUT2D eigenvalue weighted by molar-refractivity contribution is 5.95. The van der Waals surface area contributed by atoms with Gasteiger partial charge in [0, 0.05) is 11.1 Å². The SMILES string of the molecule is Cc1c(CC2(CC(=O)O)CC2)c2cccc(C=Cc3ccc(OC/C=C/COc4cccc(F)c4F)cc3)c2n1CC(=O)O. The second-order valence-electron chi connectivity index (χ2n) is 11.1. The molecule has 0 amide bonds. The summed E-state index contributed by atoms with van der Waals surface area (Å²) in [7, 11) is 0. The third kappa shape index (κ3) is 7.16. The summed E-state index contributed by atoms with van der Waals surface area (Å²) >= 11 is 0. The van der Waals surface area contributed by atoms with Crippen LogP contribution in [0.5, 0.6) is 11.5 Å². The number of carbonyl (C=O) groups is 2. The number of hydrogen-bond acceptors (Lipinski definition) is 4. The van der Waals surface area contributed by atoms with E-state index in [1.807, 2.05) is 66.1 Å². The Kier molecular flexibility index (Phi) is 9.13. The Hall–Kier alpha value is -4.92. The standard InChI is InChI=1S/C35H33F2NO6/c1-23-28(20-35(16-17-35)21-31(39)40)27-7-4-6-25(34(27)38(23)22-32(41)42)13-10-24-11-14-26(15-12-24)43-18-2-3-19-44-30-9-5-8-29(36)33(30)37/h2-15H,16-22H2,1H3,(H,39,40)(H,41,42)/b3-2+,13-10?.